The highest BCUT2D eigenvalue weighted by Gasteiger charge is 2.22. The van der Waals surface area contributed by atoms with Crippen molar-refractivity contribution in [2.24, 2.45) is 0 Å². The minimum absolute atomic E-state index is 0.0170. The van der Waals surface area contributed by atoms with E-state index >= 15 is 0 Å². The van der Waals surface area contributed by atoms with E-state index in [1.165, 1.54) is 0 Å². The number of halogens is 1. The number of benzene rings is 1. The van der Waals surface area contributed by atoms with Gasteiger partial charge in [-0.15, -0.1) is 0 Å². The van der Waals surface area contributed by atoms with Crippen molar-refractivity contribution < 1.29 is 9.59 Å². The highest BCUT2D eigenvalue weighted by Crippen LogP contribution is 2.22. The fourth-order valence-electron chi connectivity index (χ4n) is 2.50. The van der Waals surface area contributed by atoms with Gasteiger partial charge in [-0.25, -0.2) is 4.98 Å². The summed E-state index contributed by atoms with van der Waals surface area (Å²) in [6.45, 7) is 3.90. The Morgan fingerprint density at radius 2 is 1.88 bits per heavy atom. The zero-order chi connectivity index (χ0) is 18.7. The van der Waals surface area contributed by atoms with Crippen molar-refractivity contribution in [1.29, 1.82) is 0 Å². The molecule has 7 heteroatoms. The summed E-state index contributed by atoms with van der Waals surface area (Å²) >= 11 is 6.10. The molecule has 2 heterocycles. The predicted molar refractivity (Wildman–Crippen MR) is 102 cm³/mol. The Hall–Kier alpha value is -2.86. The van der Waals surface area contributed by atoms with Gasteiger partial charge in [-0.2, -0.15) is 0 Å². The van der Waals surface area contributed by atoms with Crippen LogP contribution in [-0.4, -0.2) is 27.2 Å². The molecule has 2 aromatic heterocycles. The molecule has 0 bridgehead atoms. The normalized spacial score (nSPS) is 12.0. The van der Waals surface area contributed by atoms with Gasteiger partial charge in [0.1, 0.15) is 0 Å². The molecule has 2 amide bonds. The molecule has 0 aliphatic carbocycles. The van der Waals surface area contributed by atoms with Crippen LogP contribution in [0.15, 0.2) is 48.7 Å². The van der Waals surface area contributed by atoms with Crippen LogP contribution in [0.1, 0.15) is 41.4 Å². The second-order valence-electron chi connectivity index (χ2n) is 5.96. The highest BCUT2D eigenvalue weighted by atomic mass is 35.5. The van der Waals surface area contributed by atoms with E-state index in [1.807, 2.05) is 13.8 Å². The lowest BCUT2D eigenvalue weighted by molar-refractivity contribution is 0.0936. The summed E-state index contributed by atoms with van der Waals surface area (Å²) in [6.07, 6.45) is 2.50. The Morgan fingerprint density at radius 1 is 1.15 bits per heavy atom. The Labute approximate surface area is 156 Å². The number of carbonyl (C=O) groups is 2. The summed E-state index contributed by atoms with van der Waals surface area (Å²) in [5, 5.41) is 6.05. The Balaban J connectivity index is 1.97. The van der Waals surface area contributed by atoms with Crippen LogP contribution in [0.5, 0.6) is 0 Å². The zero-order valence-corrected chi connectivity index (χ0v) is 15.2. The van der Waals surface area contributed by atoms with Gasteiger partial charge in [-0.3, -0.25) is 14.0 Å². The maximum atomic E-state index is 12.7. The number of pyridine rings is 1. The molecule has 1 atom stereocenters. The third-order valence-electron chi connectivity index (χ3n) is 4.08. The van der Waals surface area contributed by atoms with Crippen LogP contribution in [0.25, 0.3) is 5.52 Å². The van der Waals surface area contributed by atoms with Crippen LogP contribution in [0.4, 0.5) is 5.69 Å². The first kappa shape index (κ1) is 17.9. The molecule has 3 aromatic rings. The van der Waals surface area contributed by atoms with Crippen molar-refractivity contribution in [1.82, 2.24) is 14.7 Å². The van der Waals surface area contributed by atoms with Crippen molar-refractivity contribution in [3.8, 4) is 0 Å². The summed E-state index contributed by atoms with van der Waals surface area (Å²) in [5.74, 6) is -0.628. The molecular formula is C19H19ClN4O2. The van der Waals surface area contributed by atoms with Gasteiger partial charge in [0.15, 0.2) is 5.69 Å². The van der Waals surface area contributed by atoms with E-state index in [0.29, 0.717) is 16.2 Å². The van der Waals surface area contributed by atoms with Gasteiger partial charge in [0.25, 0.3) is 11.8 Å². The van der Waals surface area contributed by atoms with Crippen LogP contribution in [0.3, 0.4) is 0 Å². The van der Waals surface area contributed by atoms with E-state index in [1.54, 1.807) is 53.1 Å². The minimum atomic E-state index is -0.443. The van der Waals surface area contributed by atoms with Crippen molar-refractivity contribution in [3.05, 3.63) is 65.2 Å². The second kappa shape index (κ2) is 7.58. The lowest BCUT2D eigenvalue weighted by atomic mass is 10.2. The van der Waals surface area contributed by atoms with E-state index < -0.39 is 5.91 Å². The molecule has 0 aliphatic rings. The number of hydrogen-bond donors (Lipinski definition) is 2. The average Bonchev–Trinajstić information content (AvgIpc) is 3.03. The number of amides is 2. The van der Waals surface area contributed by atoms with Gasteiger partial charge in [-0.05, 0) is 37.6 Å². The smallest absolute Gasteiger partial charge is 0.292 e. The molecule has 0 radical (unpaired) electrons. The molecule has 0 aliphatic heterocycles. The number of rotatable bonds is 5. The van der Waals surface area contributed by atoms with Crippen molar-refractivity contribution >= 4 is 34.6 Å². The van der Waals surface area contributed by atoms with Crippen LogP contribution in [0.2, 0.25) is 5.02 Å². The third kappa shape index (κ3) is 3.55. The molecule has 0 spiro atoms. The molecule has 0 saturated carbocycles. The maximum Gasteiger partial charge on any atom is 0.292 e. The number of anilines is 1. The summed E-state index contributed by atoms with van der Waals surface area (Å²) in [5.41, 5.74) is 1.27. The third-order valence-corrected chi connectivity index (χ3v) is 4.41. The summed E-state index contributed by atoms with van der Waals surface area (Å²) in [7, 11) is 0. The zero-order valence-electron chi connectivity index (χ0n) is 14.5. The fraction of sp³-hybridized carbons (Fsp3) is 0.211. The van der Waals surface area contributed by atoms with Crippen molar-refractivity contribution in [2.45, 2.75) is 26.3 Å². The van der Waals surface area contributed by atoms with Gasteiger partial charge >= 0.3 is 0 Å². The predicted octanol–water partition coefficient (Wildman–Crippen LogP) is 3.77. The number of carbonyl (C=O) groups excluding carboxylic acids is 2. The van der Waals surface area contributed by atoms with Gasteiger partial charge in [0, 0.05) is 12.2 Å². The molecule has 0 saturated heterocycles. The first-order valence-electron chi connectivity index (χ1n) is 8.35. The summed E-state index contributed by atoms with van der Waals surface area (Å²) in [4.78, 5) is 29.5. The molecular weight excluding hydrogens is 352 g/mol. The van der Waals surface area contributed by atoms with Gasteiger partial charge < -0.3 is 10.6 Å². The topological polar surface area (TPSA) is 75.5 Å². The number of fused-ring (bicyclic) bond motifs is 1. The quantitative estimate of drug-likeness (QED) is 0.717. The summed E-state index contributed by atoms with van der Waals surface area (Å²) < 4.78 is 1.59. The second-order valence-corrected chi connectivity index (χ2v) is 6.36. The molecule has 134 valence electrons. The Kier molecular flexibility index (Phi) is 5.23. The van der Waals surface area contributed by atoms with Gasteiger partial charge in [-0.1, -0.05) is 36.7 Å². The van der Waals surface area contributed by atoms with E-state index in [0.717, 1.165) is 6.42 Å². The molecule has 3 rings (SSSR count). The summed E-state index contributed by atoms with van der Waals surface area (Å²) in [6, 6.07) is 12.3. The van der Waals surface area contributed by atoms with Gasteiger partial charge in [0.05, 0.1) is 16.2 Å². The highest BCUT2D eigenvalue weighted by molar-refractivity contribution is 6.33. The molecule has 1 aromatic carbocycles. The molecule has 6 nitrogen and oxygen atoms in total. The average molecular weight is 371 g/mol. The number of para-hydroxylation sites is 1. The van der Waals surface area contributed by atoms with E-state index in [-0.39, 0.29) is 23.5 Å². The number of nitrogens with zero attached hydrogens (tertiary/aromatic N) is 2. The molecule has 26 heavy (non-hydrogen) atoms. The maximum absolute atomic E-state index is 12.7. The standard InChI is InChI=1S/C19H19ClN4O2/c1-3-12(2)21-18(25)16-15-10-6-7-11-24(15)17(23-16)19(26)22-14-9-5-4-8-13(14)20/h4-12H,3H2,1-2H3,(H,21,25)(H,22,26). The van der Waals surface area contributed by atoms with Crippen LogP contribution in [-0.2, 0) is 0 Å². The van der Waals surface area contributed by atoms with Crippen LogP contribution in [0, 0.1) is 0 Å². The molecule has 1 unspecified atom stereocenters. The lowest BCUT2D eigenvalue weighted by Crippen LogP contribution is -2.32. The minimum Gasteiger partial charge on any atom is -0.348 e. The van der Waals surface area contributed by atoms with Crippen molar-refractivity contribution in [2.75, 3.05) is 5.32 Å². The number of imidazole rings is 1. The van der Waals surface area contributed by atoms with Crippen molar-refractivity contribution in [3.63, 3.8) is 0 Å². The number of hydrogen-bond acceptors (Lipinski definition) is 3. The van der Waals surface area contributed by atoms with Gasteiger partial charge in [0.2, 0.25) is 5.82 Å². The monoisotopic (exact) mass is 370 g/mol. The molecule has 2 N–H and O–H groups in total. The Morgan fingerprint density at radius 3 is 2.62 bits per heavy atom. The Bertz CT molecular complexity index is 967. The first-order valence-corrected chi connectivity index (χ1v) is 8.73. The SMILES string of the molecule is CCC(C)NC(=O)c1nc(C(=O)Nc2ccccc2Cl)n2ccccc12. The van der Waals surface area contributed by atoms with E-state index in [4.69, 9.17) is 11.6 Å². The number of aromatic nitrogens is 2. The van der Waals surface area contributed by atoms with E-state index in [2.05, 4.69) is 15.6 Å². The number of nitrogens with one attached hydrogen (secondary N) is 2. The van der Waals surface area contributed by atoms with Crippen LogP contribution >= 0.6 is 11.6 Å². The van der Waals surface area contributed by atoms with E-state index in [9.17, 15) is 9.59 Å². The lowest BCUT2D eigenvalue weighted by Gasteiger charge is -2.09. The molecule has 0 fully saturated rings. The van der Waals surface area contributed by atoms with Crippen LogP contribution < -0.4 is 10.6 Å². The first-order chi connectivity index (χ1) is 12.5. The fourth-order valence-corrected chi connectivity index (χ4v) is 2.68. The largest absolute Gasteiger partial charge is 0.348 e.